The van der Waals surface area contributed by atoms with E-state index in [2.05, 4.69) is 5.32 Å². The Balaban J connectivity index is 2.06. The first-order chi connectivity index (χ1) is 14.2. The number of hydrogen-bond donors (Lipinski definition) is 2. The van der Waals surface area contributed by atoms with E-state index in [1.54, 1.807) is 45.0 Å². The molecule has 2 aromatic rings. The Morgan fingerprint density at radius 3 is 2.13 bits per heavy atom. The first-order valence-corrected chi connectivity index (χ1v) is 11.0. The van der Waals surface area contributed by atoms with Gasteiger partial charge in [0.05, 0.1) is 10.7 Å². The minimum absolute atomic E-state index is 0.216. The van der Waals surface area contributed by atoms with Gasteiger partial charge in [-0.05, 0) is 62.2 Å². The molecular formula is C21H19Cl5N2O3. The molecule has 2 unspecified atom stereocenters. The quantitative estimate of drug-likeness (QED) is 0.437. The van der Waals surface area contributed by atoms with Crippen molar-refractivity contribution in [2.75, 3.05) is 5.32 Å². The van der Waals surface area contributed by atoms with Crippen LogP contribution in [0.15, 0.2) is 36.4 Å². The van der Waals surface area contributed by atoms with Crippen molar-refractivity contribution in [2.24, 2.45) is 5.73 Å². The second-order valence-corrected chi connectivity index (χ2v) is 10.9. The molecule has 0 bridgehead atoms. The Morgan fingerprint density at radius 2 is 1.61 bits per heavy atom. The Labute approximate surface area is 205 Å². The van der Waals surface area contributed by atoms with Crippen LogP contribution in [-0.2, 0) is 14.9 Å². The maximum Gasteiger partial charge on any atom is 0.412 e. The molecule has 1 saturated carbocycles. The van der Waals surface area contributed by atoms with Gasteiger partial charge in [-0.15, -0.1) is 0 Å². The van der Waals surface area contributed by atoms with Gasteiger partial charge in [0.1, 0.15) is 15.3 Å². The van der Waals surface area contributed by atoms with Crippen molar-refractivity contribution < 1.29 is 14.3 Å². The summed E-state index contributed by atoms with van der Waals surface area (Å²) in [6.07, 6.45) is -0.711. The molecule has 0 radical (unpaired) electrons. The van der Waals surface area contributed by atoms with Crippen molar-refractivity contribution >= 4 is 75.7 Å². The van der Waals surface area contributed by atoms with E-state index in [1.807, 2.05) is 0 Å². The molecule has 166 valence electrons. The largest absolute Gasteiger partial charge is 0.444 e. The number of carbonyl (C=O) groups excluding carboxylic acids is 2. The van der Waals surface area contributed by atoms with E-state index in [0.717, 1.165) is 0 Å². The van der Waals surface area contributed by atoms with Crippen LogP contribution in [0.25, 0.3) is 0 Å². The highest BCUT2D eigenvalue weighted by Crippen LogP contribution is 2.74. The molecule has 1 aliphatic rings. The average Bonchev–Trinajstić information content (AvgIpc) is 3.12. The van der Waals surface area contributed by atoms with Crippen molar-refractivity contribution in [2.45, 2.75) is 42.0 Å². The molecule has 3 N–H and O–H groups in total. The number of halogens is 5. The number of anilines is 1. The number of alkyl halides is 2. The Morgan fingerprint density at radius 1 is 1.03 bits per heavy atom. The van der Waals surface area contributed by atoms with Gasteiger partial charge in [0, 0.05) is 16.0 Å². The summed E-state index contributed by atoms with van der Waals surface area (Å²) in [6.45, 7) is 5.19. The highest BCUT2D eigenvalue weighted by Gasteiger charge is 2.80. The summed E-state index contributed by atoms with van der Waals surface area (Å²) in [6, 6.07) is 9.40. The first-order valence-electron chi connectivity index (χ1n) is 9.14. The second kappa shape index (κ2) is 8.20. The summed E-state index contributed by atoms with van der Waals surface area (Å²) >= 11 is 31.7. The molecule has 0 heterocycles. The van der Waals surface area contributed by atoms with Crippen LogP contribution in [0.4, 0.5) is 10.5 Å². The third-order valence-corrected chi connectivity index (χ3v) is 6.70. The molecule has 0 aromatic heterocycles. The van der Waals surface area contributed by atoms with E-state index in [1.165, 1.54) is 12.1 Å². The van der Waals surface area contributed by atoms with Gasteiger partial charge in [0.15, 0.2) is 0 Å². The fourth-order valence-corrected chi connectivity index (χ4v) is 5.49. The third kappa shape index (κ3) is 4.44. The zero-order valence-electron chi connectivity index (χ0n) is 16.7. The Kier molecular flexibility index (Phi) is 6.42. The molecule has 10 heteroatoms. The van der Waals surface area contributed by atoms with Crippen molar-refractivity contribution in [3.63, 3.8) is 0 Å². The van der Waals surface area contributed by atoms with Crippen LogP contribution in [0.5, 0.6) is 0 Å². The van der Waals surface area contributed by atoms with Crippen molar-refractivity contribution in [1.82, 2.24) is 0 Å². The number of hydrogen-bond acceptors (Lipinski definition) is 3. The number of ether oxygens (including phenoxy) is 1. The lowest BCUT2D eigenvalue weighted by atomic mass is 9.89. The molecule has 2 atom stereocenters. The average molecular weight is 525 g/mol. The summed E-state index contributed by atoms with van der Waals surface area (Å²) in [5.74, 6) is -1.48. The molecule has 2 aromatic carbocycles. The molecule has 0 spiro atoms. The standard InChI is InChI=1S/C21H19Cl5N2O3/c1-19(2,3)31-18(30)28-15-8-11(4-5-14(15)24)20(17(27)29)16(21(20,25)26)10-6-12(22)9-13(23)7-10/h4-9,16H,1-3H3,(H2,27,29)(H,28,30). The predicted molar refractivity (Wildman–Crippen MR) is 126 cm³/mol. The van der Waals surface area contributed by atoms with Crippen LogP contribution in [0.1, 0.15) is 37.8 Å². The van der Waals surface area contributed by atoms with E-state index in [9.17, 15) is 9.59 Å². The van der Waals surface area contributed by atoms with Gasteiger partial charge in [0.2, 0.25) is 5.91 Å². The zero-order valence-corrected chi connectivity index (χ0v) is 20.5. The lowest BCUT2D eigenvalue weighted by Crippen LogP contribution is -2.34. The van der Waals surface area contributed by atoms with Crippen LogP contribution in [0, 0.1) is 0 Å². The highest BCUT2D eigenvalue weighted by atomic mass is 35.5. The van der Waals surface area contributed by atoms with Gasteiger partial charge in [-0.2, -0.15) is 0 Å². The fraction of sp³-hybridized carbons (Fsp3) is 0.333. The molecule has 0 saturated heterocycles. The van der Waals surface area contributed by atoms with E-state index in [0.29, 0.717) is 21.2 Å². The first kappa shape index (κ1) is 24.3. The third-order valence-electron chi connectivity index (χ3n) is 4.90. The van der Waals surface area contributed by atoms with Crippen LogP contribution in [-0.4, -0.2) is 21.9 Å². The van der Waals surface area contributed by atoms with Crippen LogP contribution >= 0.6 is 58.0 Å². The van der Waals surface area contributed by atoms with Gasteiger partial charge >= 0.3 is 6.09 Å². The number of benzene rings is 2. The summed E-state index contributed by atoms with van der Waals surface area (Å²) < 4.78 is 3.68. The molecule has 2 amide bonds. The van der Waals surface area contributed by atoms with E-state index in [-0.39, 0.29) is 10.7 Å². The van der Waals surface area contributed by atoms with Crippen molar-refractivity contribution in [3.05, 3.63) is 62.6 Å². The van der Waals surface area contributed by atoms with Gasteiger partial charge in [-0.25, -0.2) is 4.79 Å². The summed E-state index contributed by atoms with van der Waals surface area (Å²) in [7, 11) is 0. The van der Waals surface area contributed by atoms with Crippen molar-refractivity contribution in [1.29, 1.82) is 0 Å². The maximum atomic E-state index is 12.7. The smallest absolute Gasteiger partial charge is 0.412 e. The Bertz CT molecular complexity index is 1050. The predicted octanol–water partition coefficient (Wildman–Crippen LogP) is 6.69. The molecule has 31 heavy (non-hydrogen) atoms. The van der Waals surface area contributed by atoms with Crippen molar-refractivity contribution in [3.8, 4) is 0 Å². The summed E-state index contributed by atoms with van der Waals surface area (Å²) in [5, 5.41) is 3.52. The molecule has 0 aliphatic heterocycles. The minimum atomic E-state index is -1.58. The van der Waals surface area contributed by atoms with Gasteiger partial charge < -0.3 is 10.5 Å². The summed E-state index contributed by atoms with van der Waals surface area (Å²) in [4.78, 5) is 24.9. The number of carbonyl (C=O) groups is 2. The van der Waals surface area contributed by atoms with E-state index < -0.39 is 33.3 Å². The lowest BCUT2D eigenvalue weighted by molar-refractivity contribution is -0.120. The van der Waals surface area contributed by atoms with Gasteiger partial charge in [0.25, 0.3) is 0 Å². The zero-order chi connectivity index (χ0) is 23.4. The number of nitrogens with one attached hydrogen (secondary N) is 1. The molecule has 5 nitrogen and oxygen atoms in total. The Hall–Kier alpha value is -1.37. The van der Waals surface area contributed by atoms with E-state index >= 15 is 0 Å². The minimum Gasteiger partial charge on any atom is -0.444 e. The second-order valence-electron chi connectivity index (χ2n) is 8.25. The topological polar surface area (TPSA) is 81.4 Å². The highest BCUT2D eigenvalue weighted by molar-refractivity contribution is 6.55. The van der Waals surface area contributed by atoms with E-state index in [4.69, 9.17) is 68.5 Å². The van der Waals surface area contributed by atoms with Crippen LogP contribution in [0.3, 0.4) is 0 Å². The maximum absolute atomic E-state index is 12.7. The molecule has 3 rings (SSSR count). The molecule has 1 aliphatic carbocycles. The summed E-state index contributed by atoms with van der Waals surface area (Å²) in [5.41, 5.74) is 4.73. The molecular weight excluding hydrogens is 506 g/mol. The number of rotatable bonds is 4. The SMILES string of the molecule is CC(C)(C)OC(=O)Nc1cc(C2(C(N)=O)C(c3cc(Cl)cc(Cl)c3)C2(Cl)Cl)ccc1Cl. The van der Waals surface area contributed by atoms with Crippen LogP contribution in [0.2, 0.25) is 15.1 Å². The van der Waals surface area contributed by atoms with Gasteiger partial charge in [-0.1, -0.05) is 64.1 Å². The number of amides is 2. The molecule has 1 fully saturated rings. The lowest BCUT2D eigenvalue weighted by Gasteiger charge is -2.21. The number of nitrogens with two attached hydrogens (primary N) is 1. The normalized spacial score (nSPS) is 22.0. The van der Waals surface area contributed by atoms with Crippen LogP contribution < -0.4 is 11.1 Å². The monoisotopic (exact) mass is 522 g/mol. The van der Waals surface area contributed by atoms with Gasteiger partial charge in [-0.3, -0.25) is 10.1 Å². The fourth-order valence-electron chi connectivity index (χ4n) is 3.69. The number of primary amides is 1.